The highest BCUT2D eigenvalue weighted by Gasteiger charge is 2.13. The van der Waals surface area contributed by atoms with Crippen molar-refractivity contribution < 1.29 is 9.63 Å². The summed E-state index contributed by atoms with van der Waals surface area (Å²) >= 11 is 5.91. The molecule has 2 aromatic carbocycles. The van der Waals surface area contributed by atoms with E-state index in [0.29, 0.717) is 23.2 Å². The maximum absolute atomic E-state index is 9.56. The number of aromatic nitrogens is 3. The van der Waals surface area contributed by atoms with Gasteiger partial charge >= 0.3 is 0 Å². The van der Waals surface area contributed by atoms with Gasteiger partial charge < -0.3 is 14.2 Å². The largest absolute Gasteiger partial charge is 0.388 e. The van der Waals surface area contributed by atoms with Gasteiger partial charge in [0.05, 0.1) is 17.6 Å². The lowest BCUT2D eigenvalue weighted by Crippen LogP contribution is -2.04. The summed E-state index contributed by atoms with van der Waals surface area (Å²) in [6, 6.07) is 17.1. The number of hydrogen-bond donors (Lipinski definition) is 1. The first kappa shape index (κ1) is 14.9. The number of hydrogen-bond acceptors (Lipinski definition) is 4. The van der Waals surface area contributed by atoms with Crippen LogP contribution in [0.4, 0.5) is 0 Å². The summed E-state index contributed by atoms with van der Waals surface area (Å²) in [5.41, 5.74) is 3.48. The molecule has 4 rings (SSSR count). The molecule has 0 spiro atoms. The first-order chi connectivity index (χ1) is 11.7. The summed E-state index contributed by atoms with van der Waals surface area (Å²) in [4.78, 5) is 4.44. The van der Waals surface area contributed by atoms with Crippen LogP contribution in [0.2, 0.25) is 5.02 Å². The van der Waals surface area contributed by atoms with Gasteiger partial charge in [0, 0.05) is 16.7 Å². The lowest BCUT2D eigenvalue weighted by atomic mass is 10.1. The fourth-order valence-corrected chi connectivity index (χ4v) is 2.85. The van der Waals surface area contributed by atoms with Crippen molar-refractivity contribution in [1.82, 2.24) is 14.7 Å². The van der Waals surface area contributed by atoms with Crippen LogP contribution >= 0.6 is 11.6 Å². The van der Waals surface area contributed by atoms with Crippen LogP contribution in [0.5, 0.6) is 0 Å². The molecule has 0 aliphatic heterocycles. The third-order valence-corrected chi connectivity index (χ3v) is 4.14. The van der Waals surface area contributed by atoms with E-state index in [1.54, 1.807) is 0 Å². The molecule has 0 bridgehead atoms. The minimum absolute atomic E-state index is 0.132. The number of nitrogens with zero attached hydrogens (tertiary/aromatic N) is 3. The third kappa shape index (κ3) is 2.68. The van der Waals surface area contributed by atoms with Crippen LogP contribution in [-0.4, -0.2) is 19.8 Å². The van der Waals surface area contributed by atoms with Gasteiger partial charge in [-0.25, -0.2) is 4.98 Å². The smallest absolute Gasteiger partial charge is 0.157 e. The van der Waals surface area contributed by atoms with Crippen LogP contribution in [0.25, 0.3) is 22.3 Å². The van der Waals surface area contributed by atoms with E-state index in [2.05, 4.69) is 10.1 Å². The summed E-state index contributed by atoms with van der Waals surface area (Å²) in [5, 5.41) is 14.4. The second kappa shape index (κ2) is 6.11. The first-order valence-corrected chi connectivity index (χ1v) is 7.89. The molecule has 24 heavy (non-hydrogen) atoms. The van der Waals surface area contributed by atoms with E-state index < -0.39 is 0 Å². The SMILES string of the molecule is OCc1nc2ccccc2n1Cc1cc(-c2ccc(Cl)cc2)no1. The van der Waals surface area contributed by atoms with Crippen molar-refractivity contribution in [3.8, 4) is 11.3 Å². The van der Waals surface area contributed by atoms with Gasteiger partial charge in [-0.2, -0.15) is 0 Å². The monoisotopic (exact) mass is 339 g/mol. The van der Waals surface area contributed by atoms with Gasteiger partial charge in [0.25, 0.3) is 0 Å². The highest BCUT2D eigenvalue weighted by molar-refractivity contribution is 6.30. The van der Waals surface area contributed by atoms with Crippen LogP contribution in [-0.2, 0) is 13.2 Å². The molecule has 1 N–H and O–H groups in total. The Kier molecular flexibility index (Phi) is 3.80. The summed E-state index contributed by atoms with van der Waals surface area (Å²) in [7, 11) is 0. The number of imidazole rings is 1. The van der Waals surface area contributed by atoms with Gasteiger partial charge in [-0.3, -0.25) is 0 Å². The molecule has 0 aliphatic carbocycles. The van der Waals surface area contributed by atoms with Crippen molar-refractivity contribution in [3.63, 3.8) is 0 Å². The Hall–Kier alpha value is -2.63. The van der Waals surface area contributed by atoms with Crippen molar-refractivity contribution in [2.45, 2.75) is 13.2 Å². The molecule has 0 aliphatic rings. The highest BCUT2D eigenvalue weighted by atomic mass is 35.5. The van der Waals surface area contributed by atoms with Gasteiger partial charge in [0.1, 0.15) is 18.1 Å². The van der Waals surface area contributed by atoms with E-state index in [9.17, 15) is 5.11 Å². The minimum atomic E-state index is -0.132. The zero-order valence-corrected chi connectivity index (χ0v) is 13.4. The van der Waals surface area contributed by atoms with E-state index in [0.717, 1.165) is 22.3 Å². The number of para-hydroxylation sites is 2. The molecular formula is C18H14ClN3O2. The van der Waals surface area contributed by atoms with E-state index >= 15 is 0 Å². The zero-order chi connectivity index (χ0) is 16.5. The van der Waals surface area contributed by atoms with Crippen LogP contribution in [0.1, 0.15) is 11.6 Å². The maximum Gasteiger partial charge on any atom is 0.157 e. The Morgan fingerprint density at radius 2 is 1.88 bits per heavy atom. The molecule has 0 amide bonds. The standard InChI is InChI=1S/C18H14ClN3O2/c19-13-7-5-12(6-8-13)16-9-14(24-21-16)10-22-17-4-2-1-3-15(17)20-18(22)11-23/h1-9,23H,10-11H2. The van der Waals surface area contributed by atoms with Gasteiger partial charge in [-0.05, 0) is 24.3 Å². The number of rotatable bonds is 4. The quantitative estimate of drug-likeness (QED) is 0.612. The van der Waals surface area contributed by atoms with E-state index in [1.807, 2.05) is 59.2 Å². The van der Waals surface area contributed by atoms with Gasteiger partial charge in [0.2, 0.25) is 0 Å². The molecule has 120 valence electrons. The number of fused-ring (bicyclic) bond motifs is 1. The Morgan fingerprint density at radius 1 is 1.08 bits per heavy atom. The topological polar surface area (TPSA) is 64.1 Å². The molecule has 0 atom stereocenters. The Labute approximate surface area is 143 Å². The Morgan fingerprint density at radius 3 is 2.67 bits per heavy atom. The highest BCUT2D eigenvalue weighted by Crippen LogP contribution is 2.23. The average molecular weight is 340 g/mol. The molecule has 0 fully saturated rings. The fourth-order valence-electron chi connectivity index (χ4n) is 2.72. The predicted molar refractivity (Wildman–Crippen MR) is 91.7 cm³/mol. The molecule has 5 nitrogen and oxygen atoms in total. The molecule has 2 aromatic heterocycles. The first-order valence-electron chi connectivity index (χ1n) is 7.51. The van der Waals surface area contributed by atoms with Crippen molar-refractivity contribution in [2.75, 3.05) is 0 Å². The van der Waals surface area contributed by atoms with Crippen molar-refractivity contribution >= 4 is 22.6 Å². The molecule has 4 aromatic rings. The molecule has 0 radical (unpaired) electrons. The summed E-state index contributed by atoms with van der Waals surface area (Å²) in [6.45, 7) is 0.323. The van der Waals surface area contributed by atoms with Gasteiger partial charge in [-0.15, -0.1) is 0 Å². The van der Waals surface area contributed by atoms with Crippen LogP contribution in [0.3, 0.4) is 0 Å². The Balaban J connectivity index is 1.68. The van der Waals surface area contributed by atoms with Crippen LogP contribution in [0, 0.1) is 0 Å². The third-order valence-electron chi connectivity index (χ3n) is 3.89. The molecular weight excluding hydrogens is 326 g/mol. The Bertz CT molecular complexity index is 989. The van der Waals surface area contributed by atoms with Crippen molar-refractivity contribution in [2.24, 2.45) is 0 Å². The number of aliphatic hydroxyl groups is 1. The molecule has 0 saturated carbocycles. The van der Waals surface area contributed by atoms with Gasteiger partial charge in [0.15, 0.2) is 5.76 Å². The molecule has 0 saturated heterocycles. The van der Waals surface area contributed by atoms with E-state index in [-0.39, 0.29) is 6.61 Å². The molecule has 0 unspecified atom stereocenters. The second-order valence-corrected chi connectivity index (χ2v) is 5.88. The number of halogens is 1. The second-order valence-electron chi connectivity index (χ2n) is 5.45. The summed E-state index contributed by atoms with van der Waals surface area (Å²) in [6.07, 6.45) is 0. The van der Waals surface area contributed by atoms with E-state index in [4.69, 9.17) is 16.1 Å². The maximum atomic E-state index is 9.56. The zero-order valence-electron chi connectivity index (χ0n) is 12.7. The van der Waals surface area contributed by atoms with Crippen LogP contribution < -0.4 is 0 Å². The minimum Gasteiger partial charge on any atom is -0.388 e. The number of aliphatic hydroxyl groups excluding tert-OH is 1. The van der Waals surface area contributed by atoms with Gasteiger partial charge in [-0.1, -0.05) is 41.0 Å². The molecule has 6 heteroatoms. The van der Waals surface area contributed by atoms with Crippen molar-refractivity contribution in [3.05, 3.63) is 71.2 Å². The normalized spacial score (nSPS) is 11.2. The summed E-state index contributed by atoms with van der Waals surface area (Å²) < 4.78 is 7.39. The average Bonchev–Trinajstić information content (AvgIpc) is 3.21. The molecule has 2 heterocycles. The van der Waals surface area contributed by atoms with Crippen LogP contribution in [0.15, 0.2) is 59.1 Å². The summed E-state index contributed by atoms with van der Waals surface area (Å²) in [5.74, 6) is 1.29. The number of benzene rings is 2. The van der Waals surface area contributed by atoms with Crippen molar-refractivity contribution in [1.29, 1.82) is 0 Å². The van der Waals surface area contributed by atoms with E-state index in [1.165, 1.54) is 0 Å². The fraction of sp³-hybridized carbons (Fsp3) is 0.111. The lowest BCUT2D eigenvalue weighted by molar-refractivity contribution is 0.265. The predicted octanol–water partition coefficient (Wildman–Crippen LogP) is 3.89. The lowest BCUT2D eigenvalue weighted by Gasteiger charge is -2.04.